The van der Waals surface area contributed by atoms with Crippen LogP contribution >= 0.6 is 0 Å². The largest absolute Gasteiger partial charge is 0.433 e. The molecule has 5 aromatic rings. The highest BCUT2D eigenvalue weighted by atomic mass is 19.4. The summed E-state index contributed by atoms with van der Waals surface area (Å²) in [5.74, 6) is -1.31. The lowest BCUT2D eigenvalue weighted by Crippen LogP contribution is -2.16. The van der Waals surface area contributed by atoms with E-state index >= 15 is 0 Å². The van der Waals surface area contributed by atoms with Crippen LogP contribution in [0, 0.1) is 5.95 Å². The van der Waals surface area contributed by atoms with Gasteiger partial charge in [0.25, 0.3) is 5.91 Å². The van der Waals surface area contributed by atoms with Crippen LogP contribution in [0.1, 0.15) is 16.1 Å². The average molecular weight is 505 g/mol. The van der Waals surface area contributed by atoms with E-state index in [1.165, 1.54) is 42.9 Å². The molecule has 37 heavy (non-hydrogen) atoms. The predicted molar refractivity (Wildman–Crippen MR) is 125 cm³/mol. The first-order valence-corrected chi connectivity index (χ1v) is 10.7. The second kappa shape index (κ2) is 9.57. The molecule has 0 aliphatic carbocycles. The Balaban J connectivity index is 1.38. The van der Waals surface area contributed by atoms with Crippen LogP contribution in [-0.4, -0.2) is 35.9 Å². The van der Waals surface area contributed by atoms with Gasteiger partial charge in [-0.2, -0.15) is 22.7 Å². The van der Waals surface area contributed by atoms with Crippen molar-refractivity contribution in [3.8, 4) is 28.2 Å². The van der Waals surface area contributed by atoms with E-state index in [0.29, 0.717) is 21.4 Å². The van der Waals surface area contributed by atoms with Crippen molar-refractivity contribution in [2.45, 2.75) is 6.18 Å². The number of aromatic nitrogens is 6. The van der Waals surface area contributed by atoms with Crippen LogP contribution < -0.4 is 5.32 Å². The van der Waals surface area contributed by atoms with Gasteiger partial charge in [-0.25, -0.2) is 9.67 Å². The molecule has 0 saturated heterocycles. The van der Waals surface area contributed by atoms with Gasteiger partial charge >= 0.3 is 6.18 Å². The fourth-order valence-corrected chi connectivity index (χ4v) is 3.49. The Morgan fingerprint density at radius 3 is 2.38 bits per heavy atom. The molecule has 1 N–H and O–H groups in total. The van der Waals surface area contributed by atoms with E-state index < -0.39 is 23.7 Å². The molecule has 4 heterocycles. The highest BCUT2D eigenvalue weighted by molar-refractivity contribution is 6.04. The van der Waals surface area contributed by atoms with E-state index in [0.717, 1.165) is 6.07 Å². The zero-order chi connectivity index (χ0) is 26.0. The van der Waals surface area contributed by atoms with E-state index in [9.17, 15) is 22.4 Å². The van der Waals surface area contributed by atoms with Gasteiger partial charge in [0, 0.05) is 35.3 Å². The Bertz CT molecular complexity index is 1550. The second-order valence-corrected chi connectivity index (χ2v) is 7.75. The molecule has 0 radical (unpaired) electrons. The van der Waals surface area contributed by atoms with Crippen molar-refractivity contribution in [2.75, 3.05) is 5.32 Å². The summed E-state index contributed by atoms with van der Waals surface area (Å²) in [6, 6.07) is 16.0. The van der Waals surface area contributed by atoms with Crippen LogP contribution in [0.2, 0.25) is 0 Å². The summed E-state index contributed by atoms with van der Waals surface area (Å²) in [6.45, 7) is 0. The van der Waals surface area contributed by atoms with Gasteiger partial charge in [-0.05, 0) is 60.2 Å². The third kappa shape index (κ3) is 5.17. The summed E-state index contributed by atoms with van der Waals surface area (Å²) in [5, 5.41) is 14.3. The summed E-state index contributed by atoms with van der Waals surface area (Å²) < 4.78 is 54.8. The number of amides is 1. The molecular formula is C25H15F4N7O. The van der Waals surface area contributed by atoms with Crippen LogP contribution in [0.15, 0.2) is 85.3 Å². The van der Waals surface area contributed by atoms with E-state index in [1.807, 2.05) is 0 Å². The molecule has 0 fully saturated rings. The molecule has 184 valence electrons. The number of hydrogen-bond acceptors (Lipinski definition) is 6. The van der Waals surface area contributed by atoms with Crippen LogP contribution in [-0.2, 0) is 6.18 Å². The van der Waals surface area contributed by atoms with Gasteiger partial charge in [0.1, 0.15) is 0 Å². The number of nitrogens with one attached hydrogen (secondary N) is 1. The molecule has 8 nitrogen and oxygen atoms in total. The standard InChI is InChI=1S/C25H15F4N7O/c26-21-7-6-17(14-31-21)15-3-1-4-16(11-15)24(37)32-22-8-9-23(34-33-22)36-20(25(27,28)29)12-19(35-36)18-5-2-10-30-13-18/h1-14H,(H,32,33,37). The van der Waals surface area contributed by atoms with Crippen molar-refractivity contribution in [3.63, 3.8) is 0 Å². The summed E-state index contributed by atoms with van der Waals surface area (Å²) in [7, 11) is 0. The number of anilines is 1. The Morgan fingerprint density at radius 1 is 0.865 bits per heavy atom. The number of rotatable bonds is 5. The van der Waals surface area contributed by atoms with E-state index in [2.05, 4.69) is 30.6 Å². The molecular weight excluding hydrogens is 490 g/mol. The Hall–Kier alpha value is -5.00. The van der Waals surface area contributed by atoms with Gasteiger partial charge in [-0.3, -0.25) is 9.78 Å². The Labute approximate surface area is 206 Å². The minimum Gasteiger partial charge on any atom is -0.305 e. The number of halogens is 4. The van der Waals surface area contributed by atoms with Crippen LogP contribution in [0.4, 0.5) is 23.4 Å². The topological polar surface area (TPSA) is 98.5 Å². The molecule has 5 rings (SSSR count). The monoisotopic (exact) mass is 505 g/mol. The van der Waals surface area contributed by atoms with Crippen molar-refractivity contribution in [3.05, 3.63) is 103 Å². The first kappa shape index (κ1) is 23.7. The molecule has 4 aromatic heterocycles. The smallest absolute Gasteiger partial charge is 0.305 e. The van der Waals surface area contributed by atoms with Gasteiger partial charge in [-0.15, -0.1) is 10.2 Å². The van der Waals surface area contributed by atoms with Crippen molar-refractivity contribution in [1.82, 2.24) is 29.9 Å². The zero-order valence-corrected chi connectivity index (χ0v) is 18.7. The summed E-state index contributed by atoms with van der Waals surface area (Å²) in [6.07, 6.45) is -0.452. The van der Waals surface area contributed by atoms with Gasteiger partial charge < -0.3 is 5.32 Å². The van der Waals surface area contributed by atoms with Crippen molar-refractivity contribution < 1.29 is 22.4 Å². The van der Waals surface area contributed by atoms with Crippen molar-refractivity contribution >= 4 is 11.7 Å². The summed E-state index contributed by atoms with van der Waals surface area (Å²) in [4.78, 5) is 20.2. The SMILES string of the molecule is O=C(Nc1ccc(-n2nc(-c3cccnc3)cc2C(F)(F)F)nn1)c1cccc(-c2ccc(F)nc2)c1. The van der Waals surface area contributed by atoms with Crippen LogP contribution in [0.25, 0.3) is 28.2 Å². The number of hydrogen-bond donors (Lipinski definition) is 1. The number of nitrogens with zero attached hydrogens (tertiary/aromatic N) is 6. The van der Waals surface area contributed by atoms with Crippen LogP contribution in [0.5, 0.6) is 0 Å². The van der Waals surface area contributed by atoms with Gasteiger partial charge in [0.2, 0.25) is 5.95 Å². The quantitative estimate of drug-likeness (QED) is 0.261. The molecule has 0 aliphatic heterocycles. The fraction of sp³-hybridized carbons (Fsp3) is 0.0400. The number of pyridine rings is 2. The number of benzene rings is 1. The van der Waals surface area contributed by atoms with E-state index in [1.54, 1.807) is 36.4 Å². The lowest BCUT2D eigenvalue weighted by Gasteiger charge is -2.10. The highest BCUT2D eigenvalue weighted by Gasteiger charge is 2.37. The minimum atomic E-state index is -4.70. The third-order valence-corrected chi connectivity index (χ3v) is 5.25. The zero-order valence-electron chi connectivity index (χ0n) is 18.7. The summed E-state index contributed by atoms with van der Waals surface area (Å²) in [5.41, 5.74) is 0.970. The molecule has 0 bridgehead atoms. The Morgan fingerprint density at radius 2 is 1.70 bits per heavy atom. The van der Waals surface area contributed by atoms with Crippen LogP contribution in [0.3, 0.4) is 0 Å². The van der Waals surface area contributed by atoms with Crippen molar-refractivity contribution in [2.24, 2.45) is 0 Å². The lowest BCUT2D eigenvalue weighted by molar-refractivity contribution is -0.142. The molecule has 0 atom stereocenters. The average Bonchev–Trinajstić information content (AvgIpc) is 3.37. The predicted octanol–water partition coefficient (Wildman–Crippen LogP) is 5.20. The maximum Gasteiger partial charge on any atom is 0.433 e. The van der Waals surface area contributed by atoms with Gasteiger partial charge in [-0.1, -0.05) is 12.1 Å². The first-order valence-electron chi connectivity index (χ1n) is 10.7. The molecule has 1 aromatic carbocycles. The maximum absolute atomic E-state index is 13.7. The minimum absolute atomic E-state index is 0.0239. The van der Waals surface area contributed by atoms with E-state index in [-0.39, 0.29) is 22.9 Å². The number of carbonyl (C=O) groups excluding carboxylic acids is 1. The normalized spacial score (nSPS) is 11.4. The van der Waals surface area contributed by atoms with Gasteiger partial charge in [0.05, 0.1) is 5.69 Å². The highest BCUT2D eigenvalue weighted by Crippen LogP contribution is 2.33. The number of alkyl halides is 3. The van der Waals surface area contributed by atoms with Gasteiger partial charge in [0.15, 0.2) is 17.3 Å². The fourth-order valence-electron chi connectivity index (χ4n) is 3.49. The third-order valence-electron chi connectivity index (χ3n) is 5.25. The molecule has 1 amide bonds. The second-order valence-electron chi connectivity index (χ2n) is 7.75. The maximum atomic E-state index is 13.7. The molecule has 12 heteroatoms. The number of carbonyl (C=O) groups is 1. The molecule has 0 aliphatic rings. The lowest BCUT2D eigenvalue weighted by atomic mass is 10.0. The van der Waals surface area contributed by atoms with E-state index in [4.69, 9.17) is 0 Å². The summed E-state index contributed by atoms with van der Waals surface area (Å²) >= 11 is 0. The molecule has 0 spiro atoms. The Kier molecular flexibility index (Phi) is 6.14. The first-order chi connectivity index (χ1) is 17.8. The van der Waals surface area contributed by atoms with Crippen molar-refractivity contribution in [1.29, 1.82) is 0 Å². The molecule has 0 saturated carbocycles. The molecule has 0 unspecified atom stereocenters.